The van der Waals surface area contributed by atoms with Crippen molar-refractivity contribution < 1.29 is 32.1 Å². The number of nitrogens with zero attached hydrogens (tertiary/aromatic N) is 1. The molecule has 10 heavy (non-hydrogen) atoms. The molecule has 1 N–H and O–H groups in total. The first-order valence-corrected chi connectivity index (χ1v) is 2.07. The maximum atomic E-state index is 8.42. The molecule has 1 heterocycles. The van der Waals surface area contributed by atoms with Crippen LogP contribution in [0.15, 0.2) is 12.3 Å². The van der Waals surface area contributed by atoms with Gasteiger partial charge in [-0.3, -0.25) is 7.32 Å². The number of aromatic amines is 1. The predicted molar refractivity (Wildman–Crippen MR) is 23.2 cm³/mol. The fraction of sp³-hybridized carbons (Fsp3) is 0. The zero-order valence-corrected chi connectivity index (χ0v) is 5.86. The van der Waals surface area contributed by atoms with Gasteiger partial charge in [0.1, 0.15) is 0 Å². The fourth-order valence-electron chi connectivity index (χ4n) is 0.186. The van der Waals surface area contributed by atoms with Gasteiger partial charge in [-0.25, -0.2) is 0 Å². The van der Waals surface area contributed by atoms with E-state index in [4.69, 9.17) is 15.1 Å². The van der Waals surface area contributed by atoms with Crippen LogP contribution in [0.5, 0.6) is 0 Å². The van der Waals surface area contributed by atoms with Gasteiger partial charge in [-0.1, -0.05) is 0 Å². The molecule has 7 heteroatoms. The molecular formula is C3H3BFeN2O3. The standard InChI is InChI=1S/C3H3N2.BO3.Fe/c1-2-4-5-3-1;2-1(3)4;/h1-2H,(H,4,5);;/q-1;-3;+4. The molecule has 0 fully saturated rings. The number of hydrogen-bond acceptors (Lipinski definition) is 4. The Kier molecular flexibility index (Phi) is 10.7. The van der Waals surface area contributed by atoms with Gasteiger partial charge in [0.15, 0.2) is 0 Å². The van der Waals surface area contributed by atoms with E-state index in [0.717, 1.165) is 0 Å². The second-order valence-electron chi connectivity index (χ2n) is 0.992. The van der Waals surface area contributed by atoms with Crippen LogP contribution in [0, 0.1) is 6.20 Å². The molecule has 1 rings (SSSR count). The molecule has 0 saturated heterocycles. The van der Waals surface area contributed by atoms with E-state index in [2.05, 4.69) is 16.4 Å². The first-order chi connectivity index (χ1) is 4.23. The van der Waals surface area contributed by atoms with Crippen LogP contribution in [-0.4, -0.2) is 17.5 Å². The van der Waals surface area contributed by atoms with Crippen LogP contribution in [0.4, 0.5) is 0 Å². The summed E-state index contributed by atoms with van der Waals surface area (Å²) >= 11 is 0. The summed E-state index contributed by atoms with van der Waals surface area (Å²) < 4.78 is 0. The summed E-state index contributed by atoms with van der Waals surface area (Å²) in [5.74, 6) is 0. The van der Waals surface area contributed by atoms with Crippen LogP contribution in [0.3, 0.4) is 0 Å². The van der Waals surface area contributed by atoms with Crippen molar-refractivity contribution >= 4 is 7.32 Å². The van der Waals surface area contributed by atoms with Crippen molar-refractivity contribution in [3.63, 3.8) is 0 Å². The third kappa shape index (κ3) is 15.6. The van der Waals surface area contributed by atoms with Crippen molar-refractivity contribution in [1.29, 1.82) is 0 Å². The van der Waals surface area contributed by atoms with Crippen molar-refractivity contribution in [3.8, 4) is 0 Å². The molecule has 0 aromatic carbocycles. The molecule has 0 saturated carbocycles. The molecule has 1 aromatic heterocycles. The van der Waals surface area contributed by atoms with E-state index in [1.54, 1.807) is 12.3 Å². The summed E-state index contributed by atoms with van der Waals surface area (Å²) in [7, 11) is -2.92. The van der Waals surface area contributed by atoms with Gasteiger partial charge >= 0.3 is 17.1 Å². The molecule has 0 bridgehead atoms. The van der Waals surface area contributed by atoms with Crippen molar-refractivity contribution in [2.75, 3.05) is 0 Å². The third-order valence-corrected chi connectivity index (χ3v) is 0.362. The van der Waals surface area contributed by atoms with Gasteiger partial charge in [0.05, 0.1) is 0 Å². The van der Waals surface area contributed by atoms with E-state index in [-0.39, 0.29) is 17.1 Å². The van der Waals surface area contributed by atoms with E-state index in [1.165, 1.54) is 0 Å². The number of rotatable bonds is 0. The van der Waals surface area contributed by atoms with E-state index < -0.39 is 7.32 Å². The van der Waals surface area contributed by atoms with Gasteiger partial charge in [-0.15, -0.1) is 12.4 Å². The molecule has 0 radical (unpaired) electrons. The Morgan fingerprint density at radius 3 is 2.00 bits per heavy atom. The zero-order valence-electron chi connectivity index (χ0n) is 4.76. The van der Waals surface area contributed by atoms with Crippen molar-refractivity contribution in [3.05, 3.63) is 18.5 Å². The number of nitrogens with one attached hydrogen (secondary N) is 1. The SMILES string of the molecule is [Fe+4].[O-]B([O-])[O-].[c-]1cc[nH]n1. The van der Waals surface area contributed by atoms with E-state index in [1.807, 2.05) is 0 Å². The first-order valence-electron chi connectivity index (χ1n) is 2.07. The Morgan fingerprint density at radius 2 is 1.90 bits per heavy atom. The van der Waals surface area contributed by atoms with Crippen LogP contribution < -0.4 is 15.1 Å². The number of H-pyrrole nitrogens is 1. The predicted octanol–water partition coefficient (Wildman–Crippen LogP) is -3.74. The van der Waals surface area contributed by atoms with Crippen molar-refractivity contribution in [2.24, 2.45) is 0 Å². The molecule has 0 spiro atoms. The quantitative estimate of drug-likeness (QED) is 0.329. The molecule has 54 valence electrons. The molecule has 0 amide bonds. The van der Waals surface area contributed by atoms with E-state index >= 15 is 0 Å². The molecule has 1 aromatic rings. The Balaban J connectivity index is 0. The van der Waals surface area contributed by atoms with Gasteiger partial charge < -0.3 is 25.3 Å². The Bertz CT molecular complexity index is 105. The molecular weight excluding hydrogens is 179 g/mol. The van der Waals surface area contributed by atoms with Crippen LogP contribution in [0.25, 0.3) is 0 Å². The fourth-order valence-corrected chi connectivity index (χ4v) is 0.186. The first kappa shape index (κ1) is 12.4. The minimum absolute atomic E-state index is 0. The van der Waals surface area contributed by atoms with Gasteiger partial charge in [-0.2, -0.15) is 6.07 Å². The number of aromatic nitrogens is 2. The van der Waals surface area contributed by atoms with Gasteiger partial charge in [-0.05, 0) is 0 Å². The summed E-state index contributed by atoms with van der Waals surface area (Å²) in [5, 5.41) is 31.3. The van der Waals surface area contributed by atoms with Crippen LogP contribution >= 0.6 is 0 Å². The molecule has 5 nitrogen and oxygen atoms in total. The monoisotopic (exact) mass is 182 g/mol. The maximum Gasteiger partial charge on any atom is 4.00 e. The molecule has 0 aliphatic carbocycles. The van der Waals surface area contributed by atoms with E-state index in [0.29, 0.717) is 0 Å². The molecule has 0 aliphatic heterocycles. The Hall–Kier alpha value is -0.326. The normalized spacial score (nSPS) is 6.70. The largest absolute Gasteiger partial charge is 4.00 e. The summed E-state index contributed by atoms with van der Waals surface area (Å²) in [4.78, 5) is 0. The van der Waals surface area contributed by atoms with Crippen LogP contribution in [0.2, 0.25) is 0 Å². The smallest absolute Gasteiger partial charge is 0.907 e. The van der Waals surface area contributed by atoms with E-state index in [9.17, 15) is 0 Å². The average molecular weight is 182 g/mol. The summed E-state index contributed by atoms with van der Waals surface area (Å²) in [6.07, 6.45) is 4.26. The minimum atomic E-state index is -2.92. The molecule has 0 aliphatic rings. The molecule has 0 unspecified atom stereocenters. The average Bonchev–Trinajstić information content (AvgIpc) is 2.11. The van der Waals surface area contributed by atoms with Crippen molar-refractivity contribution in [2.45, 2.75) is 0 Å². The van der Waals surface area contributed by atoms with Gasteiger partial charge in [0, 0.05) is 0 Å². The maximum absolute atomic E-state index is 8.42. The van der Waals surface area contributed by atoms with Crippen LogP contribution in [-0.2, 0) is 17.1 Å². The summed E-state index contributed by atoms with van der Waals surface area (Å²) in [5.41, 5.74) is 0. The van der Waals surface area contributed by atoms with Gasteiger partial charge in [0.2, 0.25) is 0 Å². The van der Waals surface area contributed by atoms with Crippen LogP contribution in [0.1, 0.15) is 0 Å². The second-order valence-corrected chi connectivity index (χ2v) is 0.992. The minimum Gasteiger partial charge on any atom is -0.907 e. The number of hydrogen-bond donors (Lipinski definition) is 1. The third-order valence-electron chi connectivity index (χ3n) is 0.362. The van der Waals surface area contributed by atoms with Crippen molar-refractivity contribution in [1.82, 2.24) is 10.2 Å². The van der Waals surface area contributed by atoms with Gasteiger partial charge in [0.25, 0.3) is 0 Å². The Morgan fingerprint density at radius 1 is 1.40 bits per heavy atom. The topological polar surface area (TPSA) is 97.9 Å². The summed E-state index contributed by atoms with van der Waals surface area (Å²) in [6, 6.07) is 1.71. The second kappa shape index (κ2) is 8.67. The summed E-state index contributed by atoms with van der Waals surface area (Å²) in [6.45, 7) is 0. The zero-order chi connectivity index (χ0) is 7.11. The molecule has 0 atom stereocenters. The Labute approximate surface area is 68.7 Å².